The zero-order valence-electron chi connectivity index (χ0n) is 15.6. The van der Waals surface area contributed by atoms with Crippen molar-refractivity contribution in [3.05, 3.63) is 34.1 Å². The zero-order chi connectivity index (χ0) is 19.8. The highest BCUT2D eigenvalue weighted by Crippen LogP contribution is 2.33. The number of H-pyrrole nitrogens is 1. The van der Waals surface area contributed by atoms with Crippen LogP contribution in [0, 0.1) is 0 Å². The van der Waals surface area contributed by atoms with Crippen LogP contribution in [0.4, 0.5) is 0 Å². The fourth-order valence-corrected chi connectivity index (χ4v) is 4.70. The predicted octanol–water partition coefficient (Wildman–Crippen LogP) is 4.52. The van der Waals surface area contributed by atoms with E-state index in [9.17, 15) is 8.42 Å². The summed E-state index contributed by atoms with van der Waals surface area (Å²) in [5, 5.41) is 8.38. The molecule has 27 heavy (non-hydrogen) atoms. The number of sulfonamides is 1. The van der Waals surface area contributed by atoms with Gasteiger partial charge in [-0.1, -0.05) is 23.2 Å². The summed E-state index contributed by atoms with van der Waals surface area (Å²) in [5.74, 6) is 1.61. The SMILES string of the molecule is CC(C)(C)S(=O)(=O)N[C@H]1CC[C@H](c2nc(-c3cc(Cl)cc(Cl)c3)n[nH]2)CC1. The van der Waals surface area contributed by atoms with E-state index in [1.54, 1.807) is 39.0 Å². The Hall–Kier alpha value is -1.15. The largest absolute Gasteiger partial charge is 0.262 e. The number of rotatable bonds is 4. The number of aromatic nitrogens is 3. The highest BCUT2D eigenvalue weighted by molar-refractivity contribution is 7.90. The summed E-state index contributed by atoms with van der Waals surface area (Å²) >= 11 is 12.1. The van der Waals surface area contributed by atoms with Crippen molar-refractivity contribution < 1.29 is 8.42 Å². The van der Waals surface area contributed by atoms with E-state index in [0.717, 1.165) is 37.1 Å². The van der Waals surface area contributed by atoms with Crippen LogP contribution in [0.2, 0.25) is 10.0 Å². The van der Waals surface area contributed by atoms with Crippen LogP contribution < -0.4 is 4.72 Å². The van der Waals surface area contributed by atoms with Gasteiger partial charge >= 0.3 is 0 Å². The van der Waals surface area contributed by atoms with Crippen molar-refractivity contribution in [2.75, 3.05) is 0 Å². The van der Waals surface area contributed by atoms with Crippen molar-refractivity contribution in [2.24, 2.45) is 0 Å². The van der Waals surface area contributed by atoms with Crippen LogP contribution >= 0.6 is 23.2 Å². The van der Waals surface area contributed by atoms with Crippen molar-refractivity contribution in [2.45, 2.75) is 63.2 Å². The van der Waals surface area contributed by atoms with Gasteiger partial charge in [-0.2, -0.15) is 5.10 Å². The average Bonchev–Trinajstić information content (AvgIpc) is 3.03. The molecule has 1 heterocycles. The van der Waals surface area contributed by atoms with Gasteiger partial charge in [-0.25, -0.2) is 18.1 Å². The smallest absolute Gasteiger partial charge is 0.216 e. The van der Waals surface area contributed by atoms with Crippen LogP contribution in [0.15, 0.2) is 18.2 Å². The standard InChI is InChI=1S/C18H24Cl2N4O2S/c1-18(2,3)27(25,26)24-15-6-4-11(5-7-15)16-21-17(23-22-16)12-8-13(19)10-14(20)9-12/h8-11,15,24H,4-7H2,1-3H3,(H,21,22,23)/t11-,15-. The van der Waals surface area contributed by atoms with Gasteiger partial charge < -0.3 is 0 Å². The van der Waals surface area contributed by atoms with Crippen molar-refractivity contribution >= 4 is 33.2 Å². The Balaban J connectivity index is 1.65. The Kier molecular flexibility index (Phi) is 5.87. The minimum atomic E-state index is -3.33. The fraction of sp³-hybridized carbons (Fsp3) is 0.556. The molecule has 1 aliphatic carbocycles. The van der Waals surface area contributed by atoms with Crippen molar-refractivity contribution in [1.82, 2.24) is 19.9 Å². The maximum absolute atomic E-state index is 12.3. The molecule has 3 rings (SSSR count). The van der Waals surface area contributed by atoms with Gasteiger partial charge in [0.1, 0.15) is 5.82 Å². The molecule has 0 saturated heterocycles. The van der Waals surface area contributed by atoms with Crippen molar-refractivity contribution in [3.8, 4) is 11.4 Å². The molecule has 0 radical (unpaired) electrons. The first-order chi connectivity index (χ1) is 12.5. The molecular formula is C18H24Cl2N4O2S. The van der Waals surface area contributed by atoms with Crippen LogP contribution in [0.5, 0.6) is 0 Å². The van der Waals surface area contributed by atoms with Gasteiger partial charge in [0, 0.05) is 27.6 Å². The van der Waals surface area contributed by atoms with E-state index in [1.807, 2.05) is 0 Å². The maximum atomic E-state index is 12.3. The Morgan fingerprint density at radius 1 is 1.07 bits per heavy atom. The van der Waals surface area contributed by atoms with E-state index in [1.165, 1.54) is 0 Å². The van der Waals surface area contributed by atoms with E-state index in [0.29, 0.717) is 15.9 Å². The van der Waals surface area contributed by atoms with Gasteiger partial charge in [-0.3, -0.25) is 5.10 Å². The van der Waals surface area contributed by atoms with Crippen LogP contribution in [-0.4, -0.2) is 34.4 Å². The number of benzene rings is 1. The maximum Gasteiger partial charge on any atom is 0.216 e. The van der Waals surface area contributed by atoms with E-state index >= 15 is 0 Å². The molecule has 0 atom stereocenters. The van der Waals surface area contributed by atoms with Gasteiger partial charge in [-0.05, 0) is 64.7 Å². The second-order valence-electron chi connectivity index (χ2n) is 7.98. The molecule has 0 spiro atoms. The molecule has 2 aromatic rings. The molecule has 148 valence electrons. The number of hydrogen-bond acceptors (Lipinski definition) is 4. The number of halogens is 2. The second kappa shape index (κ2) is 7.70. The topological polar surface area (TPSA) is 87.7 Å². The lowest BCUT2D eigenvalue weighted by Gasteiger charge is -2.30. The molecule has 1 aliphatic rings. The quantitative estimate of drug-likeness (QED) is 0.745. The van der Waals surface area contributed by atoms with E-state index in [-0.39, 0.29) is 12.0 Å². The molecule has 0 unspecified atom stereocenters. The highest BCUT2D eigenvalue weighted by atomic mass is 35.5. The summed E-state index contributed by atoms with van der Waals surface area (Å²) in [6.07, 6.45) is 3.25. The van der Waals surface area contributed by atoms with Crippen molar-refractivity contribution in [3.63, 3.8) is 0 Å². The normalized spacial score (nSPS) is 21.4. The average molecular weight is 431 g/mol. The Morgan fingerprint density at radius 2 is 1.67 bits per heavy atom. The minimum absolute atomic E-state index is 0.0281. The Bertz CT molecular complexity index is 893. The summed E-state index contributed by atoms with van der Waals surface area (Å²) in [6.45, 7) is 5.12. The molecule has 2 N–H and O–H groups in total. The van der Waals surface area contributed by atoms with Crippen LogP contribution in [0.1, 0.15) is 58.2 Å². The zero-order valence-corrected chi connectivity index (χ0v) is 17.9. The Labute approximate surface area is 170 Å². The van der Waals surface area contributed by atoms with E-state index in [2.05, 4.69) is 19.9 Å². The molecule has 9 heteroatoms. The van der Waals surface area contributed by atoms with Crippen LogP contribution in [-0.2, 0) is 10.0 Å². The minimum Gasteiger partial charge on any atom is -0.262 e. The van der Waals surface area contributed by atoms with Gasteiger partial charge in [0.05, 0.1) is 4.75 Å². The molecule has 0 amide bonds. The van der Waals surface area contributed by atoms with E-state index < -0.39 is 14.8 Å². The lowest BCUT2D eigenvalue weighted by molar-refractivity contribution is 0.363. The molecule has 1 aromatic carbocycles. The second-order valence-corrected chi connectivity index (χ2v) is 11.3. The molecule has 1 aromatic heterocycles. The monoisotopic (exact) mass is 430 g/mol. The number of aromatic amines is 1. The Morgan fingerprint density at radius 3 is 2.22 bits per heavy atom. The first kappa shape index (κ1) is 20.6. The van der Waals surface area contributed by atoms with Gasteiger partial charge in [-0.15, -0.1) is 0 Å². The molecular weight excluding hydrogens is 407 g/mol. The van der Waals surface area contributed by atoms with Crippen molar-refractivity contribution in [1.29, 1.82) is 0 Å². The van der Waals surface area contributed by atoms with Crippen LogP contribution in [0.25, 0.3) is 11.4 Å². The highest BCUT2D eigenvalue weighted by Gasteiger charge is 2.33. The third-order valence-corrected chi connectivity index (χ3v) is 7.56. The third-order valence-electron chi connectivity index (χ3n) is 4.87. The summed E-state index contributed by atoms with van der Waals surface area (Å²) in [4.78, 5) is 4.60. The fourth-order valence-electron chi connectivity index (χ4n) is 3.15. The molecule has 1 saturated carbocycles. The predicted molar refractivity (Wildman–Crippen MR) is 109 cm³/mol. The van der Waals surface area contributed by atoms with Gasteiger partial charge in [0.25, 0.3) is 0 Å². The summed E-state index contributed by atoms with van der Waals surface area (Å²) in [5.41, 5.74) is 0.765. The molecule has 6 nitrogen and oxygen atoms in total. The summed E-state index contributed by atoms with van der Waals surface area (Å²) in [7, 11) is -3.33. The summed E-state index contributed by atoms with van der Waals surface area (Å²) < 4.78 is 26.7. The number of nitrogens with one attached hydrogen (secondary N) is 2. The number of hydrogen-bond donors (Lipinski definition) is 2. The molecule has 1 fully saturated rings. The van der Waals surface area contributed by atoms with Gasteiger partial charge in [0.2, 0.25) is 10.0 Å². The first-order valence-electron chi connectivity index (χ1n) is 8.96. The third kappa shape index (κ3) is 4.83. The lowest BCUT2D eigenvalue weighted by Crippen LogP contribution is -2.45. The summed E-state index contributed by atoms with van der Waals surface area (Å²) in [6, 6.07) is 5.19. The first-order valence-corrected chi connectivity index (χ1v) is 11.2. The van der Waals surface area contributed by atoms with E-state index in [4.69, 9.17) is 23.2 Å². The molecule has 0 bridgehead atoms. The van der Waals surface area contributed by atoms with Gasteiger partial charge in [0.15, 0.2) is 5.82 Å². The lowest BCUT2D eigenvalue weighted by atomic mass is 9.86. The number of nitrogens with zero attached hydrogens (tertiary/aromatic N) is 2. The molecule has 0 aliphatic heterocycles. The van der Waals surface area contributed by atoms with Crippen LogP contribution in [0.3, 0.4) is 0 Å².